The Labute approximate surface area is 245 Å². The number of hydrogen-bond acceptors (Lipinski definition) is 5. The molecule has 1 aliphatic heterocycles. The van der Waals surface area contributed by atoms with Crippen LogP contribution in [0.4, 0.5) is 22.0 Å². The van der Waals surface area contributed by atoms with Crippen molar-refractivity contribution in [1.82, 2.24) is 9.21 Å². The first-order valence-corrected chi connectivity index (χ1v) is 14.5. The van der Waals surface area contributed by atoms with Crippen LogP contribution in [-0.4, -0.2) is 69.0 Å². The van der Waals surface area contributed by atoms with Crippen LogP contribution in [0.2, 0.25) is 0 Å². The molecule has 2 aliphatic rings. The monoisotopic (exact) mass is 628 g/mol. The highest BCUT2D eigenvalue weighted by atomic mass is 35.5. The lowest BCUT2D eigenvalue weighted by Crippen LogP contribution is -2.49. The summed E-state index contributed by atoms with van der Waals surface area (Å²) >= 11 is 0. The third kappa shape index (κ3) is 6.67. The number of ketones is 1. The molecule has 0 spiro atoms. The highest BCUT2D eigenvalue weighted by molar-refractivity contribution is 7.88. The van der Waals surface area contributed by atoms with E-state index in [2.05, 4.69) is 4.90 Å². The van der Waals surface area contributed by atoms with Crippen LogP contribution in [0, 0.1) is 11.6 Å². The van der Waals surface area contributed by atoms with Crippen molar-refractivity contribution in [2.24, 2.45) is 0 Å². The molecule has 1 fully saturated rings. The number of Topliss-reactive ketones (excluding diaryl/α,β-unsaturated/α-hetero) is 1. The maximum Gasteiger partial charge on any atom is 0.416 e. The van der Waals surface area contributed by atoms with Gasteiger partial charge in [-0.05, 0) is 59.2 Å². The Morgan fingerprint density at radius 2 is 1.43 bits per heavy atom. The topological polar surface area (TPSA) is 66.9 Å². The van der Waals surface area contributed by atoms with Gasteiger partial charge in [0.25, 0.3) is 0 Å². The molecule has 1 saturated heterocycles. The van der Waals surface area contributed by atoms with E-state index < -0.39 is 39.2 Å². The summed E-state index contributed by atoms with van der Waals surface area (Å²) < 4.78 is 98.4. The van der Waals surface area contributed by atoms with Gasteiger partial charge >= 0.3 is 6.18 Å². The Morgan fingerprint density at radius 1 is 0.810 bits per heavy atom. The third-order valence-corrected chi connectivity index (χ3v) is 8.41. The van der Waals surface area contributed by atoms with Crippen LogP contribution in [0.25, 0.3) is 11.1 Å². The first kappa shape index (κ1) is 31.6. The zero-order chi connectivity index (χ0) is 29.5. The summed E-state index contributed by atoms with van der Waals surface area (Å²) in [5.74, 6) is -1.87. The van der Waals surface area contributed by atoms with Gasteiger partial charge in [-0.1, -0.05) is 12.1 Å². The van der Waals surface area contributed by atoms with Crippen LogP contribution >= 0.6 is 12.4 Å². The van der Waals surface area contributed by atoms with Gasteiger partial charge in [0, 0.05) is 55.5 Å². The van der Waals surface area contributed by atoms with Crippen molar-refractivity contribution in [3.05, 3.63) is 100 Å². The van der Waals surface area contributed by atoms with Crippen molar-refractivity contribution < 1.29 is 39.9 Å². The number of alkyl halides is 3. The maximum absolute atomic E-state index is 14.2. The number of sulfonamides is 1. The minimum absolute atomic E-state index is 0. The van der Waals surface area contributed by atoms with Gasteiger partial charge in [0.2, 0.25) is 10.0 Å². The highest BCUT2D eigenvalue weighted by Crippen LogP contribution is 2.44. The lowest BCUT2D eigenvalue weighted by molar-refractivity contribution is -0.137. The number of piperazine rings is 1. The van der Waals surface area contributed by atoms with Crippen molar-refractivity contribution >= 4 is 39.4 Å². The predicted octanol–water partition coefficient (Wildman–Crippen LogP) is 5.52. The highest BCUT2D eigenvalue weighted by Gasteiger charge is 2.34. The molecule has 6 nitrogen and oxygen atoms in total. The van der Waals surface area contributed by atoms with E-state index >= 15 is 0 Å². The van der Waals surface area contributed by atoms with E-state index in [1.54, 1.807) is 12.1 Å². The van der Waals surface area contributed by atoms with E-state index in [1.807, 2.05) is 0 Å². The number of hydrogen-bond donors (Lipinski definition) is 0. The van der Waals surface area contributed by atoms with E-state index in [-0.39, 0.29) is 46.9 Å². The van der Waals surface area contributed by atoms with Crippen molar-refractivity contribution in [3.63, 3.8) is 0 Å². The standard InChI is InChI=1S/C29H25F5N2O4S.ClH/c1-41(38,39)36-10-8-35(9-11-36)12-13-40-23-6-7-24-25(17-23)28(37)27(18-2-4-20(5-3-18)29(32,33)34)26(24)19-14-21(30)16-22(31)15-19;/h2-7,14-17H,8-13H2,1H3;1H. The number of carbonyl (C=O) groups excluding carboxylic acids is 1. The van der Waals surface area contributed by atoms with Crippen molar-refractivity contribution in [1.29, 1.82) is 0 Å². The number of fused-ring (bicyclic) bond motifs is 1. The molecule has 0 unspecified atom stereocenters. The van der Waals surface area contributed by atoms with E-state index in [0.29, 0.717) is 50.1 Å². The van der Waals surface area contributed by atoms with Crippen LogP contribution in [0.5, 0.6) is 5.75 Å². The lowest BCUT2D eigenvalue weighted by atomic mass is 9.93. The molecule has 42 heavy (non-hydrogen) atoms. The number of carbonyl (C=O) groups is 1. The average molecular weight is 629 g/mol. The molecule has 0 amide bonds. The number of rotatable bonds is 7. The Balaban J connectivity index is 0.00000405. The van der Waals surface area contributed by atoms with Crippen LogP contribution in [0.15, 0.2) is 60.7 Å². The number of allylic oxidation sites excluding steroid dienone is 1. The van der Waals surface area contributed by atoms with Crippen LogP contribution in [-0.2, 0) is 16.2 Å². The molecule has 3 aromatic rings. The van der Waals surface area contributed by atoms with Gasteiger partial charge in [-0.15, -0.1) is 12.4 Å². The normalized spacial score (nSPS) is 16.4. The summed E-state index contributed by atoms with van der Waals surface area (Å²) in [5.41, 5.74) is 0.161. The Morgan fingerprint density at radius 3 is 2.00 bits per heavy atom. The molecule has 13 heteroatoms. The Hall–Kier alpha value is -3.32. The fraction of sp³-hybridized carbons (Fsp3) is 0.276. The molecule has 1 aliphatic carbocycles. The minimum atomic E-state index is -4.57. The second-order valence-corrected chi connectivity index (χ2v) is 11.9. The zero-order valence-corrected chi connectivity index (χ0v) is 23.9. The van der Waals surface area contributed by atoms with Crippen LogP contribution < -0.4 is 4.74 Å². The SMILES string of the molecule is CS(=O)(=O)N1CCN(CCOc2ccc3c(c2)C(=O)C(c2ccc(C(F)(F)F)cc2)=C3c2cc(F)cc(F)c2)CC1.Cl. The predicted molar refractivity (Wildman–Crippen MR) is 150 cm³/mol. The van der Waals surface area contributed by atoms with E-state index in [9.17, 15) is 35.2 Å². The first-order chi connectivity index (χ1) is 19.3. The van der Waals surface area contributed by atoms with Crippen molar-refractivity contribution in [2.45, 2.75) is 6.18 Å². The summed E-state index contributed by atoms with van der Waals surface area (Å²) in [5, 5.41) is 0. The molecule has 3 aromatic carbocycles. The van der Waals surface area contributed by atoms with Gasteiger partial charge in [-0.3, -0.25) is 9.69 Å². The van der Waals surface area contributed by atoms with Gasteiger partial charge in [-0.2, -0.15) is 17.5 Å². The van der Waals surface area contributed by atoms with E-state index in [1.165, 1.54) is 28.8 Å². The Bertz CT molecular complexity index is 1610. The quantitative estimate of drug-likeness (QED) is 0.323. The lowest BCUT2D eigenvalue weighted by Gasteiger charge is -2.33. The molecule has 5 rings (SSSR count). The van der Waals surface area contributed by atoms with Crippen molar-refractivity contribution in [3.8, 4) is 5.75 Å². The number of ether oxygens (including phenoxy) is 1. The second-order valence-electron chi connectivity index (χ2n) is 9.87. The third-order valence-electron chi connectivity index (χ3n) is 7.11. The van der Waals surface area contributed by atoms with Gasteiger partial charge < -0.3 is 4.74 Å². The largest absolute Gasteiger partial charge is 0.492 e. The summed E-state index contributed by atoms with van der Waals surface area (Å²) in [6.45, 7) is 2.64. The Kier molecular flexibility index (Phi) is 9.12. The molecule has 0 aromatic heterocycles. The number of benzene rings is 3. The number of nitrogens with zero attached hydrogens (tertiary/aromatic N) is 2. The van der Waals surface area contributed by atoms with Crippen molar-refractivity contribution in [2.75, 3.05) is 45.6 Å². The summed E-state index contributed by atoms with van der Waals surface area (Å²) in [7, 11) is -3.24. The summed E-state index contributed by atoms with van der Waals surface area (Å²) in [4.78, 5) is 15.7. The van der Waals surface area contributed by atoms with E-state index in [0.717, 1.165) is 24.3 Å². The molecular weight excluding hydrogens is 603 g/mol. The van der Waals surface area contributed by atoms with Crippen LogP contribution in [0.3, 0.4) is 0 Å². The molecule has 0 atom stereocenters. The fourth-order valence-corrected chi connectivity index (χ4v) is 5.91. The molecule has 1 heterocycles. The molecule has 0 saturated carbocycles. The van der Waals surface area contributed by atoms with E-state index in [4.69, 9.17) is 4.74 Å². The average Bonchev–Trinajstić information content (AvgIpc) is 3.19. The minimum Gasteiger partial charge on any atom is -0.492 e. The van der Waals surface area contributed by atoms with Gasteiger partial charge in [0.05, 0.1) is 11.8 Å². The zero-order valence-electron chi connectivity index (χ0n) is 22.2. The van der Waals surface area contributed by atoms with Gasteiger partial charge in [0.15, 0.2) is 5.78 Å². The first-order valence-electron chi connectivity index (χ1n) is 12.7. The molecule has 0 N–H and O–H groups in total. The van der Waals surface area contributed by atoms with Gasteiger partial charge in [-0.25, -0.2) is 17.2 Å². The second kappa shape index (κ2) is 12.1. The summed E-state index contributed by atoms with van der Waals surface area (Å²) in [6, 6.07) is 11.6. The molecule has 0 bridgehead atoms. The number of halogens is 6. The molecular formula is C29H26ClF5N2O4S. The fourth-order valence-electron chi connectivity index (χ4n) is 5.08. The molecule has 224 valence electrons. The molecule has 0 radical (unpaired) electrons. The summed E-state index contributed by atoms with van der Waals surface area (Å²) in [6.07, 6.45) is -3.40. The van der Waals surface area contributed by atoms with Gasteiger partial charge in [0.1, 0.15) is 24.0 Å². The van der Waals surface area contributed by atoms with Crippen LogP contribution in [0.1, 0.15) is 32.6 Å². The maximum atomic E-state index is 14.2. The smallest absolute Gasteiger partial charge is 0.416 e.